The summed E-state index contributed by atoms with van der Waals surface area (Å²) in [4.78, 5) is 6.47. The summed E-state index contributed by atoms with van der Waals surface area (Å²) in [6.07, 6.45) is 0. The number of anilines is 1. The number of halogens is 2. The van der Waals surface area contributed by atoms with Gasteiger partial charge >= 0.3 is 0 Å². The van der Waals surface area contributed by atoms with Crippen LogP contribution in [-0.4, -0.2) is 15.3 Å². The maximum atomic E-state index is 13.6. The van der Waals surface area contributed by atoms with Crippen molar-refractivity contribution in [3.05, 3.63) is 107 Å². The number of hydrogen-bond acceptors (Lipinski definition) is 4. The second-order valence-electron chi connectivity index (χ2n) is 8.04. The van der Waals surface area contributed by atoms with Gasteiger partial charge in [-0.3, -0.25) is 4.90 Å². The van der Waals surface area contributed by atoms with Crippen LogP contribution in [0.15, 0.2) is 83.0 Å². The van der Waals surface area contributed by atoms with Crippen molar-refractivity contribution in [3.8, 4) is 11.4 Å². The van der Waals surface area contributed by atoms with E-state index < -0.39 is 6.04 Å². The van der Waals surface area contributed by atoms with Gasteiger partial charge in [0.2, 0.25) is 5.82 Å². The second kappa shape index (κ2) is 8.79. The number of nitrogens with zero attached hydrogens (tertiary/aromatic N) is 3. The second-order valence-corrected chi connectivity index (χ2v) is 8.42. The normalized spacial score (nSPS) is 16.1. The van der Waals surface area contributed by atoms with E-state index >= 15 is 0 Å². The van der Waals surface area contributed by atoms with E-state index in [9.17, 15) is 8.78 Å². The third-order valence-electron chi connectivity index (χ3n) is 5.71. The molecule has 1 aromatic heterocycles. The number of thiocarbonyl (C=S) groups is 1. The summed E-state index contributed by atoms with van der Waals surface area (Å²) in [6, 6.07) is 19.6. The Balaban J connectivity index is 1.65. The minimum absolute atomic E-state index is 0.311. The number of aromatic nitrogens is 2. The molecule has 3 aromatic carbocycles. The van der Waals surface area contributed by atoms with Crippen LogP contribution in [0.1, 0.15) is 30.0 Å². The molecule has 0 fully saturated rings. The molecule has 34 heavy (non-hydrogen) atoms. The van der Waals surface area contributed by atoms with Crippen molar-refractivity contribution in [1.29, 1.82) is 0 Å². The summed E-state index contributed by atoms with van der Waals surface area (Å²) in [6.45, 7) is 3.88. The Labute approximate surface area is 200 Å². The first-order valence-electron chi connectivity index (χ1n) is 10.6. The quantitative estimate of drug-likeness (QED) is 0.356. The maximum absolute atomic E-state index is 13.6. The Kier molecular flexibility index (Phi) is 5.67. The predicted molar refractivity (Wildman–Crippen MR) is 131 cm³/mol. The van der Waals surface area contributed by atoms with Gasteiger partial charge in [-0.15, -0.1) is 0 Å². The summed E-state index contributed by atoms with van der Waals surface area (Å²) in [5.74, 6) is 0.0889. The summed E-state index contributed by atoms with van der Waals surface area (Å²) < 4.78 is 32.9. The zero-order chi connectivity index (χ0) is 23.8. The van der Waals surface area contributed by atoms with Gasteiger partial charge in [0, 0.05) is 16.9 Å². The topological polar surface area (TPSA) is 54.2 Å². The SMILES string of the molecule is CC1=C(c2nc(-c3cccc(C)c3)no2)C(c2ccc(F)cc2)NC(=S)N1c1ccc(F)cc1. The number of allylic oxidation sites excluding steroid dienone is 1. The van der Waals surface area contributed by atoms with Gasteiger partial charge in [0.05, 0.1) is 11.6 Å². The molecule has 0 saturated carbocycles. The fraction of sp³-hybridized carbons (Fsp3) is 0.115. The Morgan fingerprint density at radius 3 is 2.29 bits per heavy atom. The lowest BCUT2D eigenvalue weighted by atomic mass is 9.94. The molecule has 1 atom stereocenters. The Morgan fingerprint density at radius 1 is 0.941 bits per heavy atom. The molecule has 0 spiro atoms. The molecule has 0 saturated heterocycles. The fourth-order valence-electron chi connectivity index (χ4n) is 4.06. The van der Waals surface area contributed by atoms with E-state index in [2.05, 4.69) is 15.5 Å². The highest BCUT2D eigenvalue weighted by Gasteiger charge is 2.34. The molecule has 1 aliphatic rings. The molecule has 2 heterocycles. The molecule has 5 rings (SSSR count). The lowest BCUT2D eigenvalue weighted by Crippen LogP contribution is -2.46. The number of aryl methyl sites for hydroxylation is 1. The molecule has 0 aliphatic carbocycles. The molecule has 1 aliphatic heterocycles. The van der Waals surface area contributed by atoms with Crippen molar-refractivity contribution >= 4 is 28.6 Å². The average molecular weight is 475 g/mol. The first-order chi connectivity index (χ1) is 16.4. The van der Waals surface area contributed by atoms with Crippen molar-refractivity contribution in [1.82, 2.24) is 15.5 Å². The minimum Gasteiger partial charge on any atom is -0.351 e. The number of nitrogens with one attached hydrogen (secondary N) is 1. The Bertz CT molecular complexity index is 1400. The number of hydrogen-bond donors (Lipinski definition) is 1. The molecule has 0 radical (unpaired) electrons. The molecule has 5 nitrogen and oxygen atoms in total. The first-order valence-corrected chi connectivity index (χ1v) is 11.0. The third kappa shape index (κ3) is 4.08. The van der Waals surface area contributed by atoms with Gasteiger partial charge in [-0.1, -0.05) is 41.1 Å². The van der Waals surface area contributed by atoms with E-state index in [0.717, 1.165) is 22.4 Å². The van der Waals surface area contributed by atoms with Crippen molar-refractivity contribution in [2.45, 2.75) is 19.9 Å². The van der Waals surface area contributed by atoms with E-state index in [-0.39, 0.29) is 11.6 Å². The predicted octanol–water partition coefficient (Wildman–Crippen LogP) is 6.19. The van der Waals surface area contributed by atoms with Crippen LogP contribution < -0.4 is 10.2 Å². The zero-order valence-electron chi connectivity index (χ0n) is 18.4. The van der Waals surface area contributed by atoms with E-state index in [1.54, 1.807) is 29.2 Å². The highest BCUT2D eigenvalue weighted by Crippen LogP contribution is 2.39. The fourth-order valence-corrected chi connectivity index (χ4v) is 4.42. The monoisotopic (exact) mass is 474 g/mol. The van der Waals surface area contributed by atoms with Gasteiger partial charge in [0.1, 0.15) is 11.6 Å². The zero-order valence-corrected chi connectivity index (χ0v) is 19.2. The molecule has 0 amide bonds. The summed E-state index contributed by atoms with van der Waals surface area (Å²) in [5.41, 5.74) is 4.81. The van der Waals surface area contributed by atoms with E-state index in [0.29, 0.717) is 28.1 Å². The molecule has 1 N–H and O–H groups in total. The van der Waals surface area contributed by atoms with Crippen molar-refractivity contribution in [3.63, 3.8) is 0 Å². The smallest absolute Gasteiger partial charge is 0.258 e. The van der Waals surface area contributed by atoms with Gasteiger partial charge in [-0.25, -0.2) is 8.78 Å². The third-order valence-corrected chi connectivity index (χ3v) is 6.01. The van der Waals surface area contributed by atoms with Gasteiger partial charge < -0.3 is 9.84 Å². The Hall–Kier alpha value is -3.91. The number of benzene rings is 3. The van der Waals surface area contributed by atoms with Crippen LogP contribution in [0.25, 0.3) is 17.0 Å². The average Bonchev–Trinajstić information content (AvgIpc) is 3.30. The number of rotatable bonds is 4. The van der Waals surface area contributed by atoms with Gasteiger partial charge in [-0.2, -0.15) is 4.98 Å². The van der Waals surface area contributed by atoms with Crippen LogP contribution in [-0.2, 0) is 0 Å². The van der Waals surface area contributed by atoms with Crippen LogP contribution in [0, 0.1) is 18.6 Å². The molecule has 8 heteroatoms. The molecule has 0 bridgehead atoms. The standard InChI is InChI=1S/C26H20F2N4OS/c1-15-4-3-5-18(14-15)24-30-25(33-31-24)22-16(2)32(21-12-10-20(28)11-13-21)26(34)29-23(22)17-6-8-19(27)9-7-17/h3-14,23H,1-2H3,(H,29,34). The van der Waals surface area contributed by atoms with Crippen LogP contribution in [0.3, 0.4) is 0 Å². The molecule has 1 unspecified atom stereocenters. The van der Waals surface area contributed by atoms with Crippen LogP contribution in [0.5, 0.6) is 0 Å². The molecular formula is C26H20F2N4OS. The van der Waals surface area contributed by atoms with Crippen LogP contribution in [0.4, 0.5) is 14.5 Å². The minimum atomic E-state index is -0.449. The Morgan fingerprint density at radius 2 is 1.62 bits per heavy atom. The van der Waals surface area contributed by atoms with E-state index in [1.165, 1.54) is 24.3 Å². The van der Waals surface area contributed by atoms with E-state index in [1.807, 2.05) is 38.1 Å². The molecule has 4 aromatic rings. The van der Waals surface area contributed by atoms with Crippen molar-refractivity contribution < 1.29 is 13.3 Å². The lowest BCUT2D eigenvalue weighted by Gasteiger charge is -2.37. The summed E-state index contributed by atoms with van der Waals surface area (Å²) >= 11 is 5.67. The van der Waals surface area contributed by atoms with Crippen molar-refractivity contribution in [2.24, 2.45) is 0 Å². The molecular weight excluding hydrogens is 454 g/mol. The maximum Gasteiger partial charge on any atom is 0.258 e. The van der Waals surface area contributed by atoms with Crippen LogP contribution in [0.2, 0.25) is 0 Å². The van der Waals surface area contributed by atoms with Crippen molar-refractivity contribution in [2.75, 3.05) is 4.90 Å². The highest BCUT2D eigenvalue weighted by atomic mass is 32.1. The summed E-state index contributed by atoms with van der Waals surface area (Å²) in [5, 5.41) is 7.92. The van der Waals surface area contributed by atoms with Gasteiger partial charge in [0.15, 0.2) is 5.11 Å². The first kappa shape index (κ1) is 21.9. The summed E-state index contributed by atoms with van der Waals surface area (Å²) in [7, 11) is 0. The lowest BCUT2D eigenvalue weighted by molar-refractivity contribution is 0.404. The molecule has 170 valence electrons. The largest absolute Gasteiger partial charge is 0.351 e. The highest BCUT2D eigenvalue weighted by molar-refractivity contribution is 7.80. The van der Waals surface area contributed by atoms with Gasteiger partial charge in [0.25, 0.3) is 5.89 Å². The van der Waals surface area contributed by atoms with Gasteiger partial charge in [-0.05, 0) is 74.1 Å². The van der Waals surface area contributed by atoms with E-state index in [4.69, 9.17) is 16.7 Å². The van der Waals surface area contributed by atoms with Crippen LogP contribution >= 0.6 is 12.2 Å².